The molecule has 2 rings (SSSR count). The number of hydrogen-bond acceptors (Lipinski definition) is 7. The van der Waals surface area contributed by atoms with Gasteiger partial charge in [0.2, 0.25) is 11.5 Å². The molecule has 1 saturated heterocycles. The molecule has 7 heteroatoms. The zero-order chi connectivity index (χ0) is 24.8. The molecule has 34 heavy (non-hydrogen) atoms. The third-order valence-electron chi connectivity index (χ3n) is 6.15. The van der Waals surface area contributed by atoms with Crippen molar-refractivity contribution in [1.29, 1.82) is 0 Å². The van der Waals surface area contributed by atoms with Crippen molar-refractivity contribution in [3.05, 3.63) is 23.7 Å². The largest absolute Gasteiger partial charge is 0.499 e. The van der Waals surface area contributed by atoms with Gasteiger partial charge in [-0.05, 0) is 46.0 Å². The topological polar surface area (TPSA) is 91.3 Å². The van der Waals surface area contributed by atoms with Gasteiger partial charge >= 0.3 is 11.9 Å². The van der Waals surface area contributed by atoms with E-state index in [4.69, 9.17) is 18.9 Å². The Bertz CT molecular complexity index is 695. The van der Waals surface area contributed by atoms with E-state index < -0.39 is 35.7 Å². The van der Waals surface area contributed by atoms with Gasteiger partial charge in [0.05, 0.1) is 6.61 Å². The maximum Gasteiger partial charge on any atom is 0.378 e. The number of carbonyl (C=O) groups is 2. The van der Waals surface area contributed by atoms with Gasteiger partial charge in [0, 0.05) is 6.42 Å². The van der Waals surface area contributed by atoms with E-state index >= 15 is 0 Å². The van der Waals surface area contributed by atoms with E-state index in [0.717, 1.165) is 25.7 Å². The summed E-state index contributed by atoms with van der Waals surface area (Å²) in [6, 6.07) is 0. The number of hydrogen-bond donors (Lipinski definition) is 1. The molecule has 0 aromatic rings. The predicted molar refractivity (Wildman–Crippen MR) is 130 cm³/mol. The van der Waals surface area contributed by atoms with Crippen LogP contribution in [-0.4, -0.2) is 41.6 Å². The second kappa shape index (κ2) is 15.2. The molecule has 7 nitrogen and oxygen atoms in total. The van der Waals surface area contributed by atoms with Gasteiger partial charge in [0.25, 0.3) is 0 Å². The molecule has 0 saturated carbocycles. The van der Waals surface area contributed by atoms with Crippen LogP contribution < -0.4 is 0 Å². The molecule has 0 radical (unpaired) electrons. The number of rotatable bonds is 17. The number of aliphatic hydroxyl groups excluding tert-OH is 1. The fourth-order valence-electron chi connectivity index (χ4n) is 4.19. The lowest BCUT2D eigenvalue weighted by molar-refractivity contribution is -0.165. The molecule has 2 heterocycles. The number of cyclic esters (lactones) is 1. The number of aliphatic hydroxyl groups is 1. The molecule has 0 bridgehead atoms. The molecule has 1 N–H and O–H groups in total. The van der Waals surface area contributed by atoms with Crippen molar-refractivity contribution in [1.82, 2.24) is 0 Å². The fourth-order valence-corrected chi connectivity index (χ4v) is 4.19. The van der Waals surface area contributed by atoms with Crippen LogP contribution in [0.5, 0.6) is 0 Å². The third-order valence-corrected chi connectivity index (χ3v) is 6.15. The Morgan fingerprint density at radius 2 is 1.59 bits per heavy atom. The predicted octanol–water partition coefficient (Wildman–Crippen LogP) is 6.41. The van der Waals surface area contributed by atoms with Gasteiger partial charge in [-0.25, -0.2) is 4.79 Å². The molecule has 0 spiro atoms. The lowest BCUT2D eigenvalue weighted by atomic mass is 10.1. The third kappa shape index (κ3) is 10.2. The average Bonchev–Trinajstić information content (AvgIpc) is 3.29. The summed E-state index contributed by atoms with van der Waals surface area (Å²) in [4.78, 5) is 24.0. The van der Waals surface area contributed by atoms with Crippen molar-refractivity contribution in [3.63, 3.8) is 0 Å². The Labute approximate surface area is 204 Å². The second-order valence-corrected chi connectivity index (χ2v) is 9.71. The van der Waals surface area contributed by atoms with Crippen LogP contribution in [0, 0.1) is 0 Å². The molecule has 2 unspecified atom stereocenters. The first-order valence-electron chi connectivity index (χ1n) is 13.2. The van der Waals surface area contributed by atoms with Gasteiger partial charge in [-0.2, -0.15) is 0 Å². The summed E-state index contributed by atoms with van der Waals surface area (Å²) >= 11 is 0. The number of esters is 2. The van der Waals surface area contributed by atoms with Crippen molar-refractivity contribution < 1.29 is 33.6 Å². The monoisotopic (exact) mass is 480 g/mol. The molecule has 2 aliphatic heterocycles. The minimum absolute atomic E-state index is 0.172. The molecular weight excluding hydrogens is 436 g/mol. The molecule has 0 aromatic carbocycles. The van der Waals surface area contributed by atoms with Crippen LogP contribution in [-0.2, 0) is 28.5 Å². The highest BCUT2D eigenvalue weighted by Gasteiger charge is 2.48. The molecule has 2 atom stereocenters. The van der Waals surface area contributed by atoms with Gasteiger partial charge in [0.15, 0.2) is 11.9 Å². The van der Waals surface area contributed by atoms with Gasteiger partial charge < -0.3 is 24.1 Å². The zero-order valence-electron chi connectivity index (χ0n) is 21.3. The quantitative estimate of drug-likeness (QED) is 0.146. The van der Waals surface area contributed by atoms with Gasteiger partial charge in [-0.15, -0.1) is 0 Å². The van der Waals surface area contributed by atoms with E-state index in [1.165, 1.54) is 51.4 Å². The van der Waals surface area contributed by atoms with Crippen LogP contribution in [0.1, 0.15) is 111 Å². The second-order valence-electron chi connectivity index (χ2n) is 9.71. The molecular formula is C27H44O7. The average molecular weight is 481 g/mol. The highest BCUT2D eigenvalue weighted by Crippen LogP contribution is 2.33. The Hall–Kier alpha value is -1.86. The van der Waals surface area contributed by atoms with Crippen molar-refractivity contribution >= 4 is 11.9 Å². The Morgan fingerprint density at radius 1 is 1.00 bits per heavy atom. The van der Waals surface area contributed by atoms with E-state index in [1.807, 2.05) is 0 Å². The highest BCUT2D eigenvalue weighted by atomic mass is 16.8. The maximum absolute atomic E-state index is 12.3. The van der Waals surface area contributed by atoms with Gasteiger partial charge in [-0.3, -0.25) is 4.79 Å². The first-order valence-corrected chi connectivity index (χ1v) is 13.2. The number of allylic oxidation sites excluding steroid dienone is 2. The van der Waals surface area contributed by atoms with E-state index in [1.54, 1.807) is 13.8 Å². The lowest BCUT2D eigenvalue weighted by Gasteiger charge is -2.21. The van der Waals surface area contributed by atoms with Crippen LogP contribution in [0.4, 0.5) is 0 Å². The van der Waals surface area contributed by atoms with Crippen molar-refractivity contribution in [3.8, 4) is 0 Å². The van der Waals surface area contributed by atoms with Crippen LogP contribution in [0.25, 0.3) is 0 Å². The summed E-state index contributed by atoms with van der Waals surface area (Å²) in [5.74, 6) is -3.07. The Kier molecular flexibility index (Phi) is 12.7. The molecule has 1 fully saturated rings. The molecule has 2 aliphatic rings. The minimum atomic E-state index is -0.979. The normalized spacial score (nSPS) is 22.0. The first-order chi connectivity index (χ1) is 16.3. The number of carbonyl (C=O) groups excluding carboxylic acids is 2. The van der Waals surface area contributed by atoms with Crippen molar-refractivity contribution in [2.45, 2.75) is 129 Å². The SMILES string of the molecule is CCCCCCCC/C=C\CCCCCCCC(=O)OC1=C(O)C(=O)OC1C1COC(C)(C)O1. The van der Waals surface area contributed by atoms with Crippen LogP contribution in [0.3, 0.4) is 0 Å². The van der Waals surface area contributed by atoms with Gasteiger partial charge in [0.1, 0.15) is 6.10 Å². The summed E-state index contributed by atoms with van der Waals surface area (Å²) < 4.78 is 21.6. The van der Waals surface area contributed by atoms with Gasteiger partial charge in [-0.1, -0.05) is 70.4 Å². The van der Waals surface area contributed by atoms with E-state index in [9.17, 15) is 14.7 Å². The standard InChI is InChI=1S/C27H44O7/c1-4-5-6-7-8-9-10-11-12-13-14-15-16-17-18-19-22(28)32-25-23(29)26(30)33-24(25)21-20-31-27(2,3)34-21/h11-12,21,24,29H,4-10,13-20H2,1-3H3/b12-11-. The van der Waals surface area contributed by atoms with Crippen molar-refractivity contribution in [2.75, 3.05) is 6.61 Å². The lowest BCUT2D eigenvalue weighted by Crippen LogP contribution is -2.34. The zero-order valence-corrected chi connectivity index (χ0v) is 21.3. The summed E-state index contributed by atoms with van der Waals surface area (Å²) in [6.07, 6.45) is 18.6. The summed E-state index contributed by atoms with van der Waals surface area (Å²) in [7, 11) is 0. The number of ether oxygens (including phenoxy) is 4. The van der Waals surface area contributed by atoms with Crippen LogP contribution >= 0.6 is 0 Å². The van der Waals surface area contributed by atoms with Crippen molar-refractivity contribution in [2.24, 2.45) is 0 Å². The number of unbranched alkanes of at least 4 members (excludes halogenated alkanes) is 11. The van der Waals surface area contributed by atoms with E-state index in [-0.39, 0.29) is 18.8 Å². The van der Waals surface area contributed by atoms with Crippen LogP contribution in [0.15, 0.2) is 23.7 Å². The fraction of sp³-hybridized carbons (Fsp3) is 0.778. The highest BCUT2D eigenvalue weighted by molar-refractivity contribution is 5.90. The Balaban J connectivity index is 1.53. The molecule has 0 amide bonds. The molecule has 194 valence electrons. The summed E-state index contributed by atoms with van der Waals surface area (Å²) in [5.41, 5.74) is 0. The van der Waals surface area contributed by atoms with Crippen LogP contribution in [0.2, 0.25) is 0 Å². The smallest absolute Gasteiger partial charge is 0.378 e. The molecule has 0 aromatic heterocycles. The molecule has 0 aliphatic carbocycles. The Morgan fingerprint density at radius 3 is 2.18 bits per heavy atom. The van der Waals surface area contributed by atoms with E-state index in [0.29, 0.717) is 6.42 Å². The minimum Gasteiger partial charge on any atom is -0.499 e. The first kappa shape index (κ1) is 28.4. The summed E-state index contributed by atoms with van der Waals surface area (Å²) in [6.45, 7) is 5.90. The summed E-state index contributed by atoms with van der Waals surface area (Å²) in [5, 5.41) is 10.00. The van der Waals surface area contributed by atoms with E-state index in [2.05, 4.69) is 19.1 Å². The maximum atomic E-state index is 12.3.